The molecule has 0 spiro atoms. The quantitative estimate of drug-likeness (QED) is 0.288. The first-order valence-corrected chi connectivity index (χ1v) is 12.6. The molecule has 2 N–H and O–H groups in total. The predicted molar refractivity (Wildman–Crippen MR) is 142 cm³/mol. The molecule has 0 unspecified atom stereocenters. The SMILES string of the molecule is COc1ccc(C(=O)Nc2ccc3nc(SCC(=O)Nc4ccc(C)cc4C)sc3c2)cc1OC. The number of carbonyl (C=O) groups excluding carboxylic acids is 2. The number of aryl methyl sites for hydroxylation is 2. The van der Waals surface area contributed by atoms with Crippen molar-refractivity contribution in [3.8, 4) is 11.5 Å². The fraction of sp³-hybridized carbons (Fsp3) is 0.192. The van der Waals surface area contributed by atoms with E-state index in [1.54, 1.807) is 25.3 Å². The molecule has 4 rings (SSSR count). The van der Waals surface area contributed by atoms with Crippen LogP contribution in [0.3, 0.4) is 0 Å². The number of hydrogen-bond donors (Lipinski definition) is 2. The summed E-state index contributed by atoms with van der Waals surface area (Å²) >= 11 is 2.87. The lowest BCUT2D eigenvalue weighted by atomic mass is 10.1. The number of amides is 2. The van der Waals surface area contributed by atoms with E-state index in [-0.39, 0.29) is 17.6 Å². The maximum absolute atomic E-state index is 12.7. The maximum atomic E-state index is 12.7. The molecule has 0 fully saturated rings. The van der Waals surface area contributed by atoms with Crippen molar-refractivity contribution in [3.63, 3.8) is 0 Å². The van der Waals surface area contributed by atoms with E-state index in [1.807, 2.05) is 50.2 Å². The molecule has 0 aliphatic rings. The molecular weight excluding hydrogens is 482 g/mol. The number of nitrogens with one attached hydrogen (secondary N) is 2. The summed E-state index contributed by atoms with van der Waals surface area (Å²) in [5, 5.41) is 5.86. The number of hydrogen-bond acceptors (Lipinski definition) is 7. The summed E-state index contributed by atoms with van der Waals surface area (Å²) in [4.78, 5) is 29.7. The van der Waals surface area contributed by atoms with E-state index in [0.717, 1.165) is 31.4 Å². The van der Waals surface area contributed by atoms with Gasteiger partial charge in [0.05, 0.1) is 30.2 Å². The van der Waals surface area contributed by atoms with Gasteiger partial charge in [-0.05, 0) is 61.9 Å². The van der Waals surface area contributed by atoms with Crippen LogP contribution in [0.5, 0.6) is 11.5 Å². The van der Waals surface area contributed by atoms with Crippen molar-refractivity contribution < 1.29 is 19.1 Å². The van der Waals surface area contributed by atoms with E-state index >= 15 is 0 Å². The van der Waals surface area contributed by atoms with Gasteiger partial charge in [-0.25, -0.2) is 4.98 Å². The van der Waals surface area contributed by atoms with Crippen molar-refractivity contribution in [2.75, 3.05) is 30.6 Å². The number of thioether (sulfide) groups is 1. The van der Waals surface area contributed by atoms with Crippen molar-refractivity contribution in [3.05, 3.63) is 71.3 Å². The van der Waals surface area contributed by atoms with Gasteiger partial charge in [0, 0.05) is 16.9 Å². The third-order valence-electron chi connectivity index (χ3n) is 5.26. The molecule has 0 saturated carbocycles. The van der Waals surface area contributed by atoms with Gasteiger partial charge < -0.3 is 20.1 Å². The Morgan fingerprint density at radius 2 is 1.74 bits per heavy atom. The van der Waals surface area contributed by atoms with Gasteiger partial charge in [-0.2, -0.15) is 0 Å². The Morgan fingerprint density at radius 3 is 2.49 bits per heavy atom. The lowest BCUT2D eigenvalue weighted by Gasteiger charge is -2.10. The van der Waals surface area contributed by atoms with E-state index in [4.69, 9.17) is 9.47 Å². The Morgan fingerprint density at radius 1 is 0.943 bits per heavy atom. The van der Waals surface area contributed by atoms with E-state index in [2.05, 4.69) is 15.6 Å². The number of rotatable bonds is 8. The monoisotopic (exact) mass is 507 g/mol. The van der Waals surface area contributed by atoms with Crippen molar-refractivity contribution >= 4 is 56.5 Å². The van der Waals surface area contributed by atoms with Crippen molar-refractivity contribution in [1.82, 2.24) is 4.98 Å². The zero-order valence-corrected chi connectivity index (χ0v) is 21.4. The minimum atomic E-state index is -0.257. The second-order valence-electron chi connectivity index (χ2n) is 7.84. The number of ether oxygens (including phenoxy) is 2. The molecule has 3 aromatic carbocycles. The number of anilines is 2. The van der Waals surface area contributed by atoms with Crippen LogP contribution in [0.15, 0.2) is 58.9 Å². The molecule has 180 valence electrons. The number of nitrogens with zero attached hydrogens (tertiary/aromatic N) is 1. The van der Waals surface area contributed by atoms with Crippen LogP contribution in [0.2, 0.25) is 0 Å². The molecule has 2 amide bonds. The summed E-state index contributed by atoms with van der Waals surface area (Å²) in [7, 11) is 3.08. The van der Waals surface area contributed by atoms with Gasteiger partial charge in [0.2, 0.25) is 5.91 Å². The van der Waals surface area contributed by atoms with Crippen LogP contribution in [0, 0.1) is 13.8 Å². The minimum absolute atomic E-state index is 0.0796. The van der Waals surface area contributed by atoms with Crippen LogP contribution >= 0.6 is 23.1 Å². The molecule has 1 aromatic heterocycles. The van der Waals surface area contributed by atoms with Crippen molar-refractivity contribution in [2.24, 2.45) is 0 Å². The average molecular weight is 508 g/mol. The predicted octanol–water partition coefficient (Wildman–Crippen LogP) is 5.91. The zero-order chi connectivity index (χ0) is 24.9. The van der Waals surface area contributed by atoms with Crippen LogP contribution in [0.25, 0.3) is 10.2 Å². The zero-order valence-electron chi connectivity index (χ0n) is 19.8. The fourth-order valence-electron chi connectivity index (χ4n) is 3.49. The van der Waals surface area contributed by atoms with Gasteiger partial charge in [0.25, 0.3) is 5.91 Å². The number of benzene rings is 3. The molecule has 0 bridgehead atoms. The minimum Gasteiger partial charge on any atom is -0.493 e. The van der Waals surface area contributed by atoms with Gasteiger partial charge in [0.1, 0.15) is 0 Å². The van der Waals surface area contributed by atoms with Crippen molar-refractivity contribution in [1.29, 1.82) is 0 Å². The fourth-order valence-corrected chi connectivity index (χ4v) is 5.40. The molecule has 0 aliphatic carbocycles. The smallest absolute Gasteiger partial charge is 0.255 e. The van der Waals surface area contributed by atoms with E-state index in [0.29, 0.717) is 22.7 Å². The summed E-state index contributed by atoms with van der Waals surface area (Å²) in [6, 6.07) is 16.5. The van der Waals surface area contributed by atoms with Gasteiger partial charge in [-0.1, -0.05) is 29.5 Å². The Labute approximate surface area is 211 Å². The highest BCUT2D eigenvalue weighted by Gasteiger charge is 2.13. The van der Waals surface area contributed by atoms with Crippen LogP contribution in [0.1, 0.15) is 21.5 Å². The number of fused-ring (bicyclic) bond motifs is 1. The summed E-state index contributed by atoms with van der Waals surface area (Å²) < 4.78 is 12.2. The van der Waals surface area contributed by atoms with E-state index in [9.17, 15) is 9.59 Å². The van der Waals surface area contributed by atoms with Gasteiger partial charge in [0.15, 0.2) is 15.8 Å². The Bertz CT molecular complexity index is 1400. The largest absolute Gasteiger partial charge is 0.493 e. The molecule has 0 radical (unpaired) electrons. The molecule has 7 nitrogen and oxygen atoms in total. The Balaban J connectivity index is 1.40. The molecule has 1 heterocycles. The van der Waals surface area contributed by atoms with E-state index in [1.165, 1.54) is 30.2 Å². The second kappa shape index (κ2) is 10.8. The van der Waals surface area contributed by atoms with Gasteiger partial charge in [-0.15, -0.1) is 11.3 Å². The average Bonchev–Trinajstić information content (AvgIpc) is 3.26. The topological polar surface area (TPSA) is 89.5 Å². The molecule has 9 heteroatoms. The Hall–Kier alpha value is -3.56. The number of aromatic nitrogens is 1. The molecule has 0 atom stereocenters. The third kappa shape index (κ3) is 5.93. The van der Waals surface area contributed by atoms with Crippen molar-refractivity contribution in [2.45, 2.75) is 18.2 Å². The first-order chi connectivity index (χ1) is 16.9. The lowest BCUT2D eigenvalue weighted by Crippen LogP contribution is -2.14. The molecule has 35 heavy (non-hydrogen) atoms. The third-order valence-corrected chi connectivity index (χ3v) is 7.42. The second-order valence-corrected chi connectivity index (χ2v) is 10.1. The molecular formula is C26H25N3O4S2. The maximum Gasteiger partial charge on any atom is 0.255 e. The number of methoxy groups -OCH3 is 2. The summed E-state index contributed by atoms with van der Waals surface area (Å²) in [5.41, 5.74) is 4.94. The highest BCUT2D eigenvalue weighted by molar-refractivity contribution is 8.01. The van der Waals surface area contributed by atoms with E-state index < -0.39 is 0 Å². The highest BCUT2D eigenvalue weighted by Crippen LogP contribution is 2.32. The first-order valence-electron chi connectivity index (χ1n) is 10.8. The first kappa shape index (κ1) is 24.6. The number of carbonyl (C=O) groups is 2. The van der Waals surface area contributed by atoms with Crippen LogP contribution < -0.4 is 20.1 Å². The number of thiazole rings is 1. The van der Waals surface area contributed by atoms with Crippen LogP contribution in [-0.4, -0.2) is 36.8 Å². The lowest BCUT2D eigenvalue weighted by molar-refractivity contribution is -0.113. The summed E-state index contributed by atoms with van der Waals surface area (Å²) in [6.07, 6.45) is 0. The highest BCUT2D eigenvalue weighted by atomic mass is 32.2. The normalized spacial score (nSPS) is 10.7. The van der Waals surface area contributed by atoms with Crippen LogP contribution in [-0.2, 0) is 4.79 Å². The molecule has 0 aliphatic heterocycles. The summed E-state index contributed by atoms with van der Waals surface area (Å²) in [5.74, 6) is 0.969. The summed E-state index contributed by atoms with van der Waals surface area (Å²) in [6.45, 7) is 4.00. The molecule has 0 saturated heterocycles. The molecule has 4 aromatic rings. The van der Waals surface area contributed by atoms with Gasteiger partial charge in [-0.3, -0.25) is 9.59 Å². The Kier molecular flexibility index (Phi) is 7.57. The standard InChI is InChI=1S/C26H25N3O4S2/c1-15-5-8-19(16(2)11-15)28-24(30)14-34-26-29-20-9-7-18(13-23(20)35-26)27-25(31)17-6-10-21(32-3)22(12-17)33-4/h5-13H,14H2,1-4H3,(H,27,31)(H,28,30). The van der Waals surface area contributed by atoms with Gasteiger partial charge >= 0.3 is 0 Å². The van der Waals surface area contributed by atoms with Crippen LogP contribution in [0.4, 0.5) is 11.4 Å².